The number of nitrogens with one attached hydrogen (secondary N) is 2. The van der Waals surface area contributed by atoms with Crippen LogP contribution in [0.4, 0.5) is 0 Å². The van der Waals surface area contributed by atoms with Gasteiger partial charge >= 0.3 is 0 Å². The lowest BCUT2D eigenvalue weighted by Gasteiger charge is -2.18. The molecule has 0 aromatic carbocycles. The number of hydrogen-bond donors (Lipinski definition) is 2. The number of carbonyl (C=O) groups excluding carboxylic acids is 1. The van der Waals surface area contributed by atoms with Gasteiger partial charge in [-0.05, 0) is 32.4 Å². The molecule has 2 N–H and O–H groups in total. The molecule has 98 valence electrons. The van der Waals surface area contributed by atoms with Gasteiger partial charge in [-0.2, -0.15) is 0 Å². The Morgan fingerprint density at radius 3 is 2.83 bits per heavy atom. The molecule has 0 saturated heterocycles. The third-order valence-electron chi connectivity index (χ3n) is 3.05. The summed E-state index contributed by atoms with van der Waals surface area (Å²) in [6, 6.07) is 6.06. The van der Waals surface area contributed by atoms with Gasteiger partial charge in [-0.3, -0.25) is 9.78 Å². The average Bonchev–Trinajstić information content (AvgIpc) is 2.38. The first kappa shape index (κ1) is 14.5. The van der Waals surface area contributed by atoms with Gasteiger partial charge in [0, 0.05) is 18.3 Å². The molecule has 1 aromatic rings. The standard InChI is InChI=1S/C14H21N3O/c1-4-10(2)16-8-12(13(15)9-18)14-7-5-6-11(3)17-14/h5-7,9-10,12,15-16H,4,8H2,1-3H3. The SMILES string of the molecule is CCC(C)NCC(C(=N)C=O)c1cccc(C)n1. The fourth-order valence-electron chi connectivity index (χ4n) is 1.68. The second kappa shape index (κ2) is 7.01. The van der Waals surface area contributed by atoms with E-state index in [1.165, 1.54) is 0 Å². The molecule has 0 saturated carbocycles. The van der Waals surface area contributed by atoms with Gasteiger partial charge in [0.15, 0.2) is 6.29 Å². The highest BCUT2D eigenvalue weighted by Crippen LogP contribution is 2.14. The Kier molecular flexibility index (Phi) is 5.65. The number of hydrogen-bond acceptors (Lipinski definition) is 4. The van der Waals surface area contributed by atoms with E-state index in [1.54, 1.807) is 0 Å². The third-order valence-corrected chi connectivity index (χ3v) is 3.05. The van der Waals surface area contributed by atoms with Crippen LogP contribution in [-0.4, -0.2) is 29.6 Å². The van der Waals surface area contributed by atoms with E-state index in [0.717, 1.165) is 17.8 Å². The molecule has 1 heterocycles. The van der Waals surface area contributed by atoms with Crippen molar-refractivity contribution in [2.45, 2.75) is 39.2 Å². The molecular formula is C14H21N3O. The summed E-state index contributed by atoms with van der Waals surface area (Å²) in [6.45, 7) is 6.67. The summed E-state index contributed by atoms with van der Waals surface area (Å²) in [5.74, 6) is -0.267. The molecule has 0 radical (unpaired) electrons. The van der Waals surface area contributed by atoms with Crippen LogP contribution in [0.25, 0.3) is 0 Å². The molecule has 0 amide bonds. The van der Waals surface area contributed by atoms with Crippen LogP contribution >= 0.6 is 0 Å². The van der Waals surface area contributed by atoms with Gasteiger partial charge in [-0.25, -0.2) is 0 Å². The van der Waals surface area contributed by atoms with Crippen molar-refractivity contribution in [3.8, 4) is 0 Å². The topological polar surface area (TPSA) is 65.8 Å². The van der Waals surface area contributed by atoms with Crippen molar-refractivity contribution in [1.29, 1.82) is 5.41 Å². The van der Waals surface area contributed by atoms with Crippen molar-refractivity contribution in [2.24, 2.45) is 0 Å². The second-order valence-corrected chi connectivity index (χ2v) is 4.55. The zero-order chi connectivity index (χ0) is 13.5. The van der Waals surface area contributed by atoms with Crippen molar-refractivity contribution in [1.82, 2.24) is 10.3 Å². The van der Waals surface area contributed by atoms with Crippen LogP contribution in [0.3, 0.4) is 0 Å². The highest BCUT2D eigenvalue weighted by molar-refractivity contribution is 6.29. The Hall–Kier alpha value is -1.55. The first-order chi connectivity index (χ1) is 8.58. The largest absolute Gasteiger partial charge is 0.313 e. The highest BCUT2D eigenvalue weighted by atomic mass is 16.1. The number of pyridine rings is 1. The van der Waals surface area contributed by atoms with Crippen molar-refractivity contribution in [3.05, 3.63) is 29.6 Å². The van der Waals surface area contributed by atoms with Crippen LogP contribution in [0.2, 0.25) is 0 Å². The first-order valence-corrected chi connectivity index (χ1v) is 6.29. The average molecular weight is 247 g/mol. The lowest BCUT2D eigenvalue weighted by atomic mass is 9.98. The number of aryl methyl sites for hydroxylation is 1. The minimum atomic E-state index is -0.267. The van der Waals surface area contributed by atoms with Crippen LogP contribution in [0.1, 0.15) is 37.6 Å². The van der Waals surface area contributed by atoms with Crippen molar-refractivity contribution in [3.63, 3.8) is 0 Å². The number of rotatable bonds is 7. The minimum Gasteiger partial charge on any atom is -0.313 e. The molecule has 4 nitrogen and oxygen atoms in total. The van der Waals surface area contributed by atoms with Crippen LogP contribution in [0.15, 0.2) is 18.2 Å². The summed E-state index contributed by atoms with van der Waals surface area (Å²) in [5, 5.41) is 11.1. The predicted octanol–water partition coefficient (Wildman–Crippen LogP) is 2.08. The Labute approximate surface area is 108 Å². The molecule has 18 heavy (non-hydrogen) atoms. The number of aldehydes is 1. The number of aromatic nitrogens is 1. The quantitative estimate of drug-likeness (QED) is 0.572. The lowest BCUT2D eigenvalue weighted by Crippen LogP contribution is -2.33. The summed E-state index contributed by atoms with van der Waals surface area (Å²) in [5.41, 5.74) is 1.76. The van der Waals surface area contributed by atoms with Gasteiger partial charge < -0.3 is 10.7 Å². The van der Waals surface area contributed by atoms with E-state index < -0.39 is 0 Å². The van der Waals surface area contributed by atoms with Crippen LogP contribution < -0.4 is 5.32 Å². The maximum absolute atomic E-state index is 10.8. The van der Waals surface area contributed by atoms with Gasteiger partial charge in [-0.1, -0.05) is 13.0 Å². The van der Waals surface area contributed by atoms with E-state index >= 15 is 0 Å². The molecule has 1 aromatic heterocycles. The van der Waals surface area contributed by atoms with E-state index in [4.69, 9.17) is 5.41 Å². The minimum absolute atomic E-state index is 0.0731. The van der Waals surface area contributed by atoms with Crippen molar-refractivity contribution >= 4 is 12.0 Å². The molecular weight excluding hydrogens is 226 g/mol. The summed E-state index contributed by atoms with van der Waals surface area (Å²) in [7, 11) is 0. The number of nitrogens with zero attached hydrogens (tertiary/aromatic N) is 1. The summed E-state index contributed by atoms with van der Waals surface area (Å²) in [4.78, 5) is 15.2. The molecule has 4 heteroatoms. The molecule has 0 aliphatic rings. The lowest BCUT2D eigenvalue weighted by molar-refractivity contribution is -0.102. The first-order valence-electron chi connectivity index (χ1n) is 6.29. The molecule has 0 fully saturated rings. The van der Waals surface area contributed by atoms with E-state index in [9.17, 15) is 4.79 Å². The monoisotopic (exact) mass is 247 g/mol. The molecule has 0 aliphatic carbocycles. The van der Waals surface area contributed by atoms with Gasteiger partial charge in [-0.15, -0.1) is 0 Å². The maximum atomic E-state index is 10.8. The zero-order valence-corrected chi connectivity index (χ0v) is 11.2. The fourth-order valence-corrected chi connectivity index (χ4v) is 1.68. The van der Waals surface area contributed by atoms with E-state index in [0.29, 0.717) is 18.9 Å². The van der Waals surface area contributed by atoms with Gasteiger partial charge in [0.25, 0.3) is 0 Å². The smallest absolute Gasteiger partial charge is 0.164 e. The van der Waals surface area contributed by atoms with E-state index in [2.05, 4.69) is 24.1 Å². The summed E-state index contributed by atoms with van der Waals surface area (Å²) < 4.78 is 0. The molecule has 1 rings (SSSR count). The second-order valence-electron chi connectivity index (χ2n) is 4.55. The van der Waals surface area contributed by atoms with Crippen molar-refractivity contribution < 1.29 is 4.79 Å². The fraction of sp³-hybridized carbons (Fsp3) is 0.500. The molecule has 0 bridgehead atoms. The van der Waals surface area contributed by atoms with Crippen LogP contribution in [0.5, 0.6) is 0 Å². The Bertz CT molecular complexity index is 417. The normalized spacial score (nSPS) is 13.9. The Morgan fingerprint density at radius 1 is 1.56 bits per heavy atom. The van der Waals surface area contributed by atoms with E-state index in [1.807, 2.05) is 25.1 Å². The number of carbonyl (C=O) groups is 1. The van der Waals surface area contributed by atoms with E-state index in [-0.39, 0.29) is 11.6 Å². The molecule has 2 unspecified atom stereocenters. The maximum Gasteiger partial charge on any atom is 0.164 e. The molecule has 2 atom stereocenters. The van der Waals surface area contributed by atoms with Crippen LogP contribution in [0, 0.1) is 12.3 Å². The predicted molar refractivity (Wildman–Crippen MR) is 73.3 cm³/mol. The zero-order valence-electron chi connectivity index (χ0n) is 11.2. The van der Waals surface area contributed by atoms with Crippen LogP contribution in [-0.2, 0) is 4.79 Å². The van der Waals surface area contributed by atoms with Crippen molar-refractivity contribution in [2.75, 3.05) is 6.54 Å². The molecule has 0 spiro atoms. The van der Waals surface area contributed by atoms with Gasteiger partial charge in [0.05, 0.1) is 17.3 Å². The third kappa shape index (κ3) is 4.04. The summed E-state index contributed by atoms with van der Waals surface area (Å²) >= 11 is 0. The Morgan fingerprint density at radius 2 is 2.28 bits per heavy atom. The molecule has 0 aliphatic heterocycles. The highest BCUT2D eigenvalue weighted by Gasteiger charge is 2.18. The van der Waals surface area contributed by atoms with Gasteiger partial charge in [0.1, 0.15) is 0 Å². The summed E-state index contributed by atoms with van der Waals surface area (Å²) in [6.07, 6.45) is 1.62. The van der Waals surface area contributed by atoms with Gasteiger partial charge in [0.2, 0.25) is 0 Å². The Balaban J connectivity index is 2.85.